The number of nitrogens with zero attached hydrogens (tertiary/aromatic N) is 1. The summed E-state index contributed by atoms with van der Waals surface area (Å²) in [5.74, 6) is -1.64. The Morgan fingerprint density at radius 1 is 1.22 bits per heavy atom. The lowest BCUT2D eigenvalue weighted by Crippen LogP contribution is -2.41. The number of amides is 2. The van der Waals surface area contributed by atoms with E-state index < -0.39 is 30.3 Å². The van der Waals surface area contributed by atoms with Crippen LogP contribution in [0.4, 0.5) is 4.39 Å². The third kappa shape index (κ3) is 6.05. The summed E-state index contributed by atoms with van der Waals surface area (Å²) < 4.78 is 25.3. The van der Waals surface area contributed by atoms with E-state index in [9.17, 15) is 19.1 Å². The van der Waals surface area contributed by atoms with Crippen molar-refractivity contribution < 1.29 is 28.6 Å². The lowest BCUT2D eigenvalue weighted by molar-refractivity contribution is -0.124. The fraction of sp³-hybridized carbons (Fsp3) is 0.417. The van der Waals surface area contributed by atoms with Gasteiger partial charge in [0.15, 0.2) is 6.61 Å². The van der Waals surface area contributed by atoms with E-state index in [0.717, 1.165) is 18.4 Å². The monoisotopic (exact) mass is 444 g/mol. The van der Waals surface area contributed by atoms with Gasteiger partial charge in [-0.1, -0.05) is 36.4 Å². The second kappa shape index (κ2) is 11.6. The molecule has 2 aromatic rings. The van der Waals surface area contributed by atoms with E-state index >= 15 is 0 Å². The minimum atomic E-state index is -0.701. The van der Waals surface area contributed by atoms with Gasteiger partial charge < -0.3 is 24.8 Å². The van der Waals surface area contributed by atoms with E-state index in [-0.39, 0.29) is 24.0 Å². The van der Waals surface area contributed by atoms with Crippen LogP contribution < -0.4 is 10.1 Å². The normalized spacial score (nSPS) is 16.6. The number of methoxy groups -OCH3 is 1. The molecule has 0 saturated carbocycles. The van der Waals surface area contributed by atoms with Gasteiger partial charge in [-0.25, -0.2) is 4.39 Å². The van der Waals surface area contributed by atoms with Crippen LogP contribution in [0, 0.1) is 5.82 Å². The average molecular weight is 445 g/mol. The topological polar surface area (TPSA) is 88.1 Å². The molecule has 1 fully saturated rings. The van der Waals surface area contributed by atoms with Crippen molar-refractivity contribution >= 4 is 11.8 Å². The standard InChI is InChI=1S/C24H29FN2O5/c1-31-15-19-9-6-12-27(19)24(30)23-20(25)10-5-11-21(23)32-16-22(29)26-18(14-28)13-17-7-3-2-4-8-17/h2-5,7-8,10-11,18-19,28H,6,9,12-16H2,1H3,(H,26,29)/t18-,19+/m0/s1. The Labute approximate surface area is 187 Å². The SMILES string of the molecule is COC[C@H]1CCCN1C(=O)c1c(F)cccc1OCC(=O)N[C@H](CO)Cc1ccccc1. The fourth-order valence-electron chi connectivity index (χ4n) is 3.92. The highest BCUT2D eigenvalue weighted by molar-refractivity contribution is 5.97. The highest BCUT2D eigenvalue weighted by Crippen LogP contribution is 2.27. The zero-order valence-electron chi connectivity index (χ0n) is 18.1. The van der Waals surface area contributed by atoms with Gasteiger partial charge >= 0.3 is 0 Å². The van der Waals surface area contributed by atoms with Crippen molar-refractivity contribution in [1.29, 1.82) is 0 Å². The van der Waals surface area contributed by atoms with E-state index in [2.05, 4.69) is 5.32 Å². The van der Waals surface area contributed by atoms with Gasteiger partial charge in [0.1, 0.15) is 17.1 Å². The van der Waals surface area contributed by atoms with Crippen molar-refractivity contribution in [1.82, 2.24) is 10.2 Å². The molecule has 0 unspecified atom stereocenters. The molecule has 1 aliphatic rings. The van der Waals surface area contributed by atoms with Crippen molar-refractivity contribution in [3.05, 3.63) is 65.5 Å². The summed E-state index contributed by atoms with van der Waals surface area (Å²) in [6.07, 6.45) is 2.07. The number of rotatable bonds is 10. The molecule has 1 saturated heterocycles. The van der Waals surface area contributed by atoms with Gasteiger partial charge in [0.2, 0.25) is 0 Å². The summed E-state index contributed by atoms with van der Waals surface area (Å²) in [7, 11) is 1.56. The Balaban J connectivity index is 1.64. The predicted octanol–water partition coefficient (Wildman–Crippen LogP) is 2.18. The maximum absolute atomic E-state index is 14.6. The minimum Gasteiger partial charge on any atom is -0.483 e. The number of hydrogen-bond donors (Lipinski definition) is 2. The second-order valence-electron chi connectivity index (χ2n) is 7.79. The molecule has 1 aliphatic heterocycles. The van der Waals surface area contributed by atoms with Crippen LogP contribution in [0.25, 0.3) is 0 Å². The van der Waals surface area contributed by atoms with Crippen molar-refractivity contribution in [3.8, 4) is 5.75 Å². The first kappa shape index (κ1) is 23.7. The smallest absolute Gasteiger partial charge is 0.260 e. The molecular weight excluding hydrogens is 415 g/mol. The molecular formula is C24H29FN2O5. The first-order chi connectivity index (χ1) is 15.5. The van der Waals surface area contributed by atoms with Crippen LogP contribution >= 0.6 is 0 Å². The van der Waals surface area contributed by atoms with Gasteiger partial charge in [0.25, 0.3) is 11.8 Å². The number of aliphatic hydroxyl groups excluding tert-OH is 1. The zero-order chi connectivity index (χ0) is 22.9. The number of nitrogens with one attached hydrogen (secondary N) is 1. The second-order valence-corrected chi connectivity index (χ2v) is 7.79. The molecule has 0 radical (unpaired) electrons. The molecule has 0 bridgehead atoms. The summed E-state index contributed by atoms with van der Waals surface area (Å²) in [6.45, 7) is 0.248. The van der Waals surface area contributed by atoms with Crippen LogP contribution in [0.1, 0.15) is 28.8 Å². The molecule has 32 heavy (non-hydrogen) atoms. The van der Waals surface area contributed by atoms with Crippen LogP contribution in [0.5, 0.6) is 5.75 Å². The van der Waals surface area contributed by atoms with E-state index in [1.54, 1.807) is 12.0 Å². The van der Waals surface area contributed by atoms with E-state index in [1.807, 2.05) is 30.3 Å². The molecule has 172 valence electrons. The van der Waals surface area contributed by atoms with E-state index in [0.29, 0.717) is 19.6 Å². The molecule has 1 heterocycles. The fourth-order valence-corrected chi connectivity index (χ4v) is 3.92. The lowest BCUT2D eigenvalue weighted by atomic mass is 10.1. The van der Waals surface area contributed by atoms with Crippen LogP contribution in [0.15, 0.2) is 48.5 Å². The van der Waals surface area contributed by atoms with Crippen molar-refractivity contribution in [3.63, 3.8) is 0 Å². The predicted molar refractivity (Wildman–Crippen MR) is 117 cm³/mol. The largest absolute Gasteiger partial charge is 0.483 e. The third-order valence-corrected chi connectivity index (χ3v) is 5.46. The van der Waals surface area contributed by atoms with Gasteiger partial charge in [0.05, 0.1) is 25.3 Å². The summed E-state index contributed by atoms with van der Waals surface area (Å²) >= 11 is 0. The molecule has 2 atom stereocenters. The van der Waals surface area contributed by atoms with Crippen LogP contribution in [0.3, 0.4) is 0 Å². The molecule has 8 heteroatoms. The number of benzene rings is 2. The van der Waals surface area contributed by atoms with Crippen molar-refractivity contribution in [2.24, 2.45) is 0 Å². The number of ether oxygens (including phenoxy) is 2. The van der Waals surface area contributed by atoms with Gasteiger partial charge in [-0.2, -0.15) is 0 Å². The van der Waals surface area contributed by atoms with Crippen molar-refractivity contribution in [2.75, 3.05) is 33.5 Å². The Morgan fingerprint density at radius 2 is 2.00 bits per heavy atom. The van der Waals surface area contributed by atoms with Gasteiger partial charge in [0, 0.05) is 13.7 Å². The lowest BCUT2D eigenvalue weighted by Gasteiger charge is -2.25. The molecule has 2 aromatic carbocycles. The van der Waals surface area contributed by atoms with E-state index in [1.165, 1.54) is 18.2 Å². The molecule has 3 rings (SSSR count). The molecule has 0 aromatic heterocycles. The number of hydrogen-bond acceptors (Lipinski definition) is 5. The summed E-state index contributed by atoms with van der Waals surface area (Å²) in [4.78, 5) is 27.0. The van der Waals surface area contributed by atoms with Gasteiger partial charge in [-0.05, 0) is 37.0 Å². The molecule has 2 N–H and O–H groups in total. The Hall–Kier alpha value is -2.97. The molecule has 0 aliphatic carbocycles. The Kier molecular flexibility index (Phi) is 8.58. The summed E-state index contributed by atoms with van der Waals surface area (Å²) in [5, 5.41) is 12.3. The van der Waals surface area contributed by atoms with Crippen LogP contribution in [-0.4, -0.2) is 67.4 Å². The zero-order valence-corrected chi connectivity index (χ0v) is 18.1. The van der Waals surface area contributed by atoms with Crippen LogP contribution in [0.2, 0.25) is 0 Å². The quantitative estimate of drug-likeness (QED) is 0.587. The summed E-state index contributed by atoms with van der Waals surface area (Å²) in [5.41, 5.74) is 0.785. The molecule has 2 amide bonds. The maximum atomic E-state index is 14.6. The average Bonchev–Trinajstić information content (AvgIpc) is 3.26. The molecule has 0 spiro atoms. The van der Waals surface area contributed by atoms with E-state index in [4.69, 9.17) is 9.47 Å². The minimum absolute atomic E-state index is 0.0109. The number of likely N-dealkylation sites (tertiary alicyclic amines) is 1. The van der Waals surface area contributed by atoms with Gasteiger partial charge in [-0.15, -0.1) is 0 Å². The number of carbonyl (C=O) groups is 2. The Morgan fingerprint density at radius 3 is 2.72 bits per heavy atom. The van der Waals surface area contributed by atoms with Gasteiger partial charge in [-0.3, -0.25) is 9.59 Å². The third-order valence-electron chi connectivity index (χ3n) is 5.46. The number of aliphatic hydroxyl groups is 1. The first-order valence-corrected chi connectivity index (χ1v) is 10.7. The van der Waals surface area contributed by atoms with Crippen LogP contribution in [-0.2, 0) is 16.0 Å². The summed E-state index contributed by atoms with van der Waals surface area (Å²) in [6, 6.07) is 13.0. The number of halogens is 1. The Bertz CT molecular complexity index is 909. The number of carbonyl (C=O) groups excluding carboxylic acids is 2. The molecule has 7 nitrogen and oxygen atoms in total. The maximum Gasteiger partial charge on any atom is 0.260 e. The highest BCUT2D eigenvalue weighted by atomic mass is 19.1. The first-order valence-electron chi connectivity index (χ1n) is 10.7. The van der Waals surface area contributed by atoms with Crippen molar-refractivity contribution in [2.45, 2.75) is 31.3 Å². The highest BCUT2D eigenvalue weighted by Gasteiger charge is 2.32.